The Bertz CT molecular complexity index is 1210. The minimum Gasteiger partial charge on any atom is -0.493 e. The summed E-state index contributed by atoms with van der Waals surface area (Å²) in [6.45, 7) is 5.34. The number of nitrogens with zero attached hydrogens (tertiary/aromatic N) is 1. The summed E-state index contributed by atoms with van der Waals surface area (Å²) < 4.78 is 19.3. The molecule has 4 rings (SSSR count). The molecule has 8 heteroatoms. The molecule has 1 N–H and O–H groups in total. The summed E-state index contributed by atoms with van der Waals surface area (Å²) in [5.41, 5.74) is 5.37. The molecule has 0 bridgehead atoms. The van der Waals surface area contributed by atoms with Crippen molar-refractivity contribution in [1.29, 1.82) is 0 Å². The number of rotatable bonds is 13. The number of hydrogen-bond acceptors (Lipinski definition) is 7. The second kappa shape index (κ2) is 13.2. The quantitative estimate of drug-likeness (QED) is 0.183. The largest absolute Gasteiger partial charge is 0.493 e. The number of aliphatic carboxylic acids is 1. The average molecular weight is 542 g/mol. The van der Waals surface area contributed by atoms with E-state index in [1.807, 2.05) is 18.4 Å². The standard InChI is InChI=1S/C29H35NO5S2/c1-4-7-21-17-20(23-18-37-29(30-23)36-3)11-12-24(21)33-15-6-16-34-25-13-9-19-10-14-26(28(31)32)35-27(19)22(25)8-5-2/h9,11-13,17-18,26H,4-8,10,14-16H2,1-3H3,(H,31,32). The predicted molar refractivity (Wildman–Crippen MR) is 150 cm³/mol. The van der Waals surface area contributed by atoms with E-state index >= 15 is 0 Å². The van der Waals surface area contributed by atoms with Gasteiger partial charge in [0.15, 0.2) is 6.10 Å². The molecule has 1 unspecified atom stereocenters. The molecular formula is C29H35NO5S2. The van der Waals surface area contributed by atoms with Crippen LogP contribution in [0.25, 0.3) is 11.3 Å². The molecule has 37 heavy (non-hydrogen) atoms. The van der Waals surface area contributed by atoms with Crippen molar-refractivity contribution in [3.05, 3.63) is 52.4 Å². The Morgan fingerprint density at radius 3 is 2.59 bits per heavy atom. The number of thioether (sulfide) groups is 1. The topological polar surface area (TPSA) is 77.9 Å². The number of fused-ring (bicyclic) bond motifs is 1. The minimum atomic E-state index is -0.914. The number of aryl methyl sites for hydroxylation is 2. The number of thiazole rings is 1. The first-order chi connectivity index (χ1) is 18.0. The molecule has 2 aromatic carbocycles. The van der Waals surface area contributed by atoms with E-state index in [2.05, 4.69) is 37.4 Å². The fourth-order valence-electron chi connectivity index (χ4n) is 4.54. The van der Waals surface area contributed by atoms with Crippen LogP contribution < -0.4 is 14.2 Å². The highest BCUT2D eigenvalue weighted by molar-refractivity contribution is 8.00. The number of hydrogen-bond donors (Lipinski definition) is 1. The van der Waals surface area contributed by atoms with Crippen LogP contribution in [0.5, 0.6) is 17.2 Å². The Morgan fingerprint density at radius 1 is 1.14 bits per heavy atom. The molecule has 198 valence electrons. The smallest absolute Gasteiger partial charge is 0.344 e. The summed E-state index contributed by atoms with van der Waals surface area (Å²) in [5.74, 6) is 1.47. The van der Waals surface area contributed by atoms with Gasteiger partial charge in [0.2, 0.25) is 0 Å². The first-order valence-corrected chi connectivity index (χ1v) is 15.1. The summed E-state index contributed by atoms with van der Waals surface area (Å²) >= 11 is 3.34. The molecule has 6 nitrogen and oxygen atoms in total. The number of carboxylic acid groups (broad SMARTS) is 1. The third-order valence-corrected chi connectivity index (χ3v) is 8.21. The van der Waals surface area contributed by atoms with Crippen molar-refractivity contribution in [3.63, 3.8) is 0 Å². The fraction of sp³-hybridized carbons (Fsp3) is 0.448. The van der Waals surface area contributed by atoms with E-state index < -0.39 is 12.1 Å². The molecule has 2 heterocycles. The lowest BCUT2D eigenvalue weighted by Crippen LogP contribution is -2.31. The third kappa shape index (κ3) is 6.79. The van der Waals surface area contributed by atoms with E-state index in [0.29, 0.717) is 31.8 Å². The number of aromatic nitrogens is 1. The summed E-state index contributed by atoms with van der Waals surface area (Å²) in [4.78, 5) is 16.2. The zero-order valence-corrected chi connectivity index (χ0v) is 23.4. The maximum Gasteiger partial charge on any atom is 0.344 e. The minimum absolute atomic E-state index is 0.495. The molecule has 1 atom stereocenters. The SMILES string of the molecule is CCCc1cc(-c2csc(SC)n2)ccc1OCCCOc1ccc2c(c1CCC)OC(C(=O)O)CC2. The third-order valence-electron chi connectivity index (χ3n) is 6.35. The molecule has 1 aliphatic heterocycles. The van der Waals surface area contributed by atoms with Crippen molar-refractivity contribution in [2.24, 2.45) is 0 Å². The highest BCUT2D eigenvalue weighted by Crippen LogP contribution is 2.38. The second-order valence-corrected chi connectivity index (χ2v) is 11.0. The summed E-state index contributed by atoms with van der Waals surface area (Å²) in [6.07, 6.45) is 6.89. The number of benzene rings is 2. The summed E-state index contributed by atoms with van der Waals surface area (Å²) in [5, 5.41) is 11.5. The van der Waals surface area contributed by atoms with Gasteiger partial charge in [0.25, 0.3) is 0 Å². The van der Waals surface area contributed by atoms with Crippen molar-refractivity contribution in [2.45, 2.75) is 69.2 Å². The molecular weight excluding hydrogens is 506 g/mol. The van der Waals surface area contributed by atoms with E-state index in [0.717, 1.165) is 70.3 Å². The van der Waals surface area contributed by atoms with Crippen LogP contribution in [0.15, 0.2) is 40.1 Å². The van der Waals surface area contributed by atoms with Gasteiger partial charge in [-0.05, 0) is 67.3 Å². The van der Waals surface area contributed by atoms with Crippen LogP contribution in [0.1, 0.15) is 56.2 Å². The van der Waals surface area contributed by atoms with Gasteiger partial charge in [-0.2, -0.15) is 0 Å². The Kier molecular flexibility index (Phi) is 9.75. The lowest BCUT2D eigenvalue weighted by Gasteiger charge is -2.26. The zero-order valence-electron chi connectivity index (χ0n) is 21.7. The molecule has 0 fully saturated rings. The number of carboxylic acids is 1. The van der Waals surface area contributed by atoms with E-state index in [1.54, 1.807) is 23.1 Å². The molecule has 0 saturated carbocycles. The summed E-state index contributed by atoms with van der Waals surface area (Å²) in [7, 11) is 0. The van der Waals surface area contributed by atoms with E-state index in [4.69, 9.17) is 19.2 Å². The van der Waals surface area contributed by atoms with Crippen LogP contribution in [0.2, 0.25) is 0 Å². The molecule has 0 saturated heterocycles. The highest BCUT2D eigenvalue weighted by atomic mass is 32.2. The Balaban J connectivity index is 1.36. The molecule has 0 spiro atoms. The van der Waals surface area contributed by atoms with Crippen LogP contribution in [0.4, 0.5) is 0 Å². The van der Waals surface area contributed by atoms with Gasteiger partial charge >= 0.3 is 5.97 Å². The molecule has 3 aromatic rings. The molecule has 0 radical (unpaired) electrons. The molecule has 0 aliphatic carbocycles. The Morgan fingerprint density at radius 2 is 1.89 bits per heavy atom. The fourth-order valence-corrected chi connectivity index (χ4v) is 5.81. The van der Waals surface area contributed by atoms with Crippen molar-refractivity contribution in [3.8, 4) is 28.5 Å². The maximum atomic E-state index is 11.5. The van der Waals surface area contributed by atoms with Crippen LogP contribution in [-0.2, 0) is 24.1 Å². The van der Waals surface area contributed by atoms with Crippen molar-refractivity contribution in [2.75, 3.05) is 19.5 Å². The predicted octanol–water partition coefficient (Wildman–Crippen LogP) is 7.06. The Labute approximate surface area is 227 Å². The second-order valence-electron chi connectivity index (χ2n) is 9.09. The van der Waals surface area contributed by atoms with Gasteiger partial charge in [-0.15, -0.1) is 11.3 Å². The van der Waals surface area contributed by atoms with E-state index in [-0.39, 0.29) is 0 Å². The van der Waals surface area contributed by atoms with Crippen LogP contribution in [0, 0.1) is 0 Å². The summed E-state index contributed by atoms with van der Waals surface area (Å²) in [6, 6.07) is 10.3. The van der Waals surface area contributed by atoms with E-state index in [9.17, 15) is 9.90 Å². The van der Waals surface area contributed by atoms with Crippen molar-refractivity contribution < 1.29 is 24.1 Å². The first kappa shape index (κ1) is 27.3. The van der Waals surface area contributed by atoms with Gasteiger partial charge in [-0.3, -0.25) is 0 Å². The first-order valence-electron chi connectivity index (χ1n) is 13.0. The Hall–Kier alpha value is -2.71. The number of ether oxygens (including phenoxy) is 3. The van der Waals surface area contributed by atoms with Gasteiger partial charge in [-0.25, -0.2) is 9.78 Å². The molecule has 0 amide bonds. The zero-order chi connectivity index (χ0) is 26.2. The van der Waals surface area contributed by atoms with Gasteiger partial charge in [0.1, 0.15) is 21.6 Å². The van der Waals surface area contributed by atoms with Gasteiger partial charge < -0.3 is 19.3 Å². The van der Waals surface area contributed by atoms with Crippen LogP contribution in [0.3, 0.4) is 0 Å². The molecule has 1 aromatic heterocycles. The molecule has 1 aliphatic rings. The van der Waals surface area contributed by atoms with Crippen molar-refractivity contribution >= 4 is 29.1 Å². The lowest BCUT2D eigenvalue weighted by molar-refractivity contribution is -0.145. The normalized spacial score (nSPS) is 14.6. The maximum absolute atomic E-state index is 11.5. The van der Waals surface area contributed by atoms with Crippen LogP contribution >= 0.6 is 23.1 Å². The number of carbonyl (C=O) groups is 1. The van der Waals surface area contributed by atoms with Gasteiger partial charge in [-0.1, -0.05) is 44.5 Å². The average Bonchev–Trinajstić information content (AvgIpc) is 3.39. The van der Waals surface area contributed by atoms with Crippen molar-refractivity contribution in [1.82, 2.24) is 4.98 Å². The van der Waals surface area contributed by atoms with Crippen LogP contribution in [-0.4, -0.2) is 41.6 Å². The van der Waals surface area contributed by atoms with E-state index in [1.165, 1.54) is 5.56 Å². The lowest BCUT2D eigenvalue weighted by atomic mass is 9.96. The van der Waals surface area contributed by atoms with Gasteiger partial charge in [0.05, 0.1) is 18.9 Å². The highest BCUT2D eigenvalue weighted by Gasteiger charge is 2.28. The monoisotopic (exact) mass is 541 g/mol. The van der Waals surface area contributed by atoms with Gasteiger partial charge in [0, 0.05) is 22.9 Å².